The smallest absolute Gasteiger partial charge is 0.315 e. The summed E-state index contributed by atoms with van der Waals surface area (Å²) in [5.41, 5.74) is 4.14. The van der Waals surface area contributed by atoms with Gasteiger partial charge in [-0.2, -0.15) is 0 Å². The van der Waals surface area contributed by atoms with E-state index in [1.807, 2.05) is 57.5 Å². The van der Waals surface area contributed by atoms with Crippen molar-refractivity contribution in [3.8, 4) is 10.4 Å². The molecule has 13 nitrogen and oxygen atoms in total. The summed E-state index contributed by atoms with van der Waals surface area (Å²) >= 11 is 1.58. The number of unbranched alkanes of at least 4 members (excludes halogenated alkanes) is 8. The molecule has 3 atom stereocenters. The van der Waals surface area contributed by atoms with E-state index in [2.05, 4.69) is 31.6 Å². The van der Waals surface area contributed by atoms with E-state index in [9.17, 15) is 29.1 Å². The van der Waals surface area contributed by atoms with Gasteiger partial charge < -0.3 is 36.6 Å². The molecule has 14 heteroatoms. The molecule has 6 amide bonds. The van der Waals surface area contributed by atoms with Crippen molar-refractivity contribution in [2.45, 2.75) is 174 Å². The lowest BCUT2D eigenvalue weighted by molar-refractivity contribution is -0.144. The first-order valence-electron chi connectivity index (χ1n) is 23.6. The number of thiazole rings is 1. The molecule has 0 unspecified atom stereocenters. The molecule has 62 heavy (non-hydrogen) atoms. The van der Waals surface area contributed by atoms with Crippen LogP contribution >= 0.6 is 11.3 Å². The molecule has 7 rings (SSSR count). The summed E-state index contributed by atoms with van der Waals surface area (Å²) in [6.07, 6.45) is 17.0. The summed E-state index contributed by atoms with van der Waals surface area (Å²) in [5.74, 6) is 1.24. The van der Waals surface area contributed by atoms with Gasteiger partial charge in [0.2, 0.25) is 23.6 Å². The number of rotatable bonds is 22. The molecule has 1 aliphatic heterocycles. The predicted octanol–water partition coefficient (Wildman–Crippen LogP) is 6.90. The highest BCUT2D eigenvalue weighted by Crippen LogP contribution is 2.55. The van der Waals surface area contributed by atoms with Gasteiger partial charge in [0.05, 0.1) is 22.2 Å². The van der Waals surface area contributed by atoms with Gasteiger partial charge in [-0.25, -0.2) is 9.78 Å². The summed E-state index contributed by atoms with van der Waals surface area (Å²) in [6, 6.07) is 6.12. The van der Waals surface area contributed by atoms with Crippen LogP contribution in [-0.2, 0) is 25.7 Å². The van der Waals surface area contributed by atoms with E-state index >= 15 is 0 Å². The van der Waals surface area contributed by atoms with Gasteiger partial charge in [0, 0.05) is 51.0 Å². The molecule has 2 heterocycles. The van der Waals surface area contributed by atoms with Crippen LogP contribution in [0.3, 0.4) is 0 Å². The highest BCUT2D eigenvalue weighted by atomic mass is 32.1. The number of hydrogen-bond donors (Lipinski definition) is 6. The lowest BCUT2D eigenvalue weighted by Crippen LogP contribution is -2.61. The normalized spacial score (nSPS) is 24.4. The SMILES string of the molecule is Cc1ncsc1-c1ccc(CNC(=O)[C@@H]2C[C@@H](O)CN2C(=O)[C@@H](NC(=O)CCNC(=O)CCCCCCCCCCCNC(=O)NC23CC4CC(CC(C4)C2)C3)C(C)(C)C)cc1. The molecule has 5 aliphatic rings. The van der Waals surface area contributed by atoms with E-state index in [0.29, 0.717) is 6.42 Å². The first kappa shape index (κ1) is 47.4. The number of amides is 6. The molecule has 1 aromatic carbocycles. The van der Waals surface area contributed by atoms with Crippen LogP contribution < -0.4 is 26.6 Å². The lowest BCUT2D eigenvalue weighted by Gasteiger charge is -2.56. The van der Waals surface area contributed by atoms with Crippen LogP contribution in [0.4, 0.5) is 4.79 Å². The number of β-amino-alcohol motifs (C(OH)–C–C–N with tert-alkyl or cyclic N) is 1. The third-order valence-electron chi connectivity index (χ3n) is 13.7. The van der Waals surface area contributed by atoms with Crippen molar-refractivity contribution in [1.29, 1.82) is 0 Å². The van der Waals surface area contributed by atoms with Crippen LogP contribution in [0, 0.1) is 30.1 Å². The Morgan fingerprint density at radius 1 is 0.790 bits per heavy atom. The zero-order chi connectivity index (χ0) is 44.3. The Morgan fingerprint density at radius 2 is 1.40 bits per heavy atom. The largest absolute Gasteiger partial charge is 0.391 e. The standard InChI is InChI=1S/C48H73N7O6S/c1-32-42(62-31-52-32)37-17-15-33(16-18-37)29-51-44(59)39-25-38(56)30-55(39)45(60)43(47(2,3)4)53-41(58)19-21-49-40(57)14-12-10-8-6-5-7-9-11-13-20-50-46(61)54-48-26-34-22-35(27-48)24-36(23-34)28-48/h15-18,31,34-36,38-39,43,56H,5-14,19-30H2,1-4H3,(H,49,57)(H,51,59)(H,53,58)(H2,50,54,61)/t34?,35?,36?,38-,39+,43-,48?/m1/s1. The molecule has 4 aliphatic carbocycles. The van der Waals surface area contributed by atoms with Crippen molar-refractivity contribution < 1.29 is 29.1 Å². The Bertz CT molecular complexity index is 1790. The van der Waals surface area contributed by atoms with Crippen LogP contribution in [0.5, 0.6) is 0 Å². The van der Waals surface area contributed by atoms with E-state index in [1.165, 1.54) is 62.7 Å². The van der Waals surface area contributed by atoms with Gasteiger partial charge in [-0.15, -0.1) is 11.3 Å². The number of nitrogens with one attached hydrogen (secondary N) is 5. The van der Waals surface area contributed by atoms with E-state index in [1.54, 1.807) is 11.3 Å². The molecule has 0 spiro atoms. The summed E-state index contributed by atoms with van der Waals surface area (Å²) in [4.78, 5) is 72.4. The average molecular weight is 876 g/mol. The summed E-state index contributed by atoms with van der Waals surface area (Å²) < 4.78 is 0. The third kappa shape index (κ3) is 13.5. The van der Waals surface area contributed by atoms with Gasteiger partial charge in [0.1, 0.15) is 12.1 Å². The minimum absolute atomic E-state index is 0.000353. The molecular formula is C48H73N7O6S. The second-order valence-corrected chi connectivity index (χ2v) is 20.9. The first-order chi connectivity index (χ1) is 29.7. The van der Waals surface area contributed by atoms with Crippen molar-refractivity contribution in [3.05, 3.63) is 41.0 Å². The molecule has 1 saturated heterocycles. The number of carbonyl (C=O) groups is 5. The number of benzene rings is 1. The molecule has 0 radical (unpaired) electrons. The second kappa shape index (κ2) is 22.0. The number of aryl methyl sites for hydroxylation is 1. The number of likely N-dealkylation sites (tertiary alicyclic amines) is 1. The van der Waals surface area contributed by atoms with Crippen molar-refractivity contribution >= 4 is 41.0 Å². The van der Waals surface area contributed by atoms with E-state index in [4.69, 9.17) is 0 Å². The Kier molecular flexibility index (Phi) is 16.9. The molecule has 6 N–H and O–H groups in total. The van der Waals surface area contributed by atoms with Gasteiger partial charge in [-0.1, -0.05) is 90.0 Å². The highest BCUT2D eigenvalue weighted by Gasteiger charge is 2.51. The molecule has 1 aromatic heterocycles. The maximum Gasteiger partial charge on any atom is 0.315 e. The van der Waals surface area contributed by atoms with Gasteiger partial charge in [-0.3, -0.25) is 19.2 Å². The van der Waals surface area contributed by atoms with Crippen LogP contribution in [-0.4, -0.2) is 88.0 Å². The molecular weight excluding hydrogens is 803 g/mol. The maximum absolute atomic E-state index is 13.9. The number of aliphatic hydroxyl groups excluding tert-OH is 1. The third-order valence-corrected chi connectivity index (χ3v) is 14.6. The summed E-state index contributed by atoms with van der Waals surface area (Å²) in [5, 5.41) is 25.7. The highest BCUT2D eigenvalue weighted by molar-refractivity contribution is 7.13. The molecule has 5 fully saturated rings. The number of nitrogens with zero attached hydrogens (tertiary/aromatic N) is 2. The van der Waals surface area contributed by atoms with Crippen LogP contribution in [0.1, 0.15) is 148 Å². The molecule has 4 saturated carbocycles. The van der Waals surface area contributed by atoms with Crippen molar-refractivity contribution in [1.82, 2.24) is 36.5 Å². The topological polar surface area (TPSA) is 182 Å². The Hall–Kier alpha value is -4.04. The Morgan fingerprint density at radius 3 is 2.00 bits per heavy atom. The fourth-order valence-corrected chi connectivity index (χ4v) is 11.6. The Labute approximate surface area is 373 Å². The van der Waals surface area contributed by atoms with Crippen molar-refractivity contribution in [2.75, 3.05) is 19.6 Å². The van der Waals surface area contributed by atoms with Crippen LogP contribution in [0.2, 0.25) is 0 Å². The summed E-state index contributed by atoms with van der Waals surface area (Å²) in [6.45, 7) is 8.68. The fourth-order valence-electron chi connectivity index (χ4n) is 10.8. The van der Waals surface area contributed by atoms with Crippen molar-refractivity contribution in [2.24, 2.45) is 23.2 Å². The van der Waals surface area contributed by atoms with E-state index in [-0.39, 0.29) is 61.8 Å². The van der Waals surface area contributed by atoms with Crippen LogP contribution in [0.15, 0.2) is 29.8 Å². The minimum atomic E-state index is -0.931. The van der Waals surface area contributed by atoms with Crippen LogP contribution in [0.25, 0.3) is 10.4 Å². The summed E-state index contributed by atoms with van der Waals surface area (Å²) in [7, 11) is 0. The molecule has 342 valence electrons. The monoisotopic (exact) mass is 876 g/mol. The maximum atomic E-state index is 13.9. The first-order valence-corrected chi connectivity index (χ1v) is 24.4. The number of aliphatic hydroxyl groups is 1. The van der Waals surface area contributed by atoms with Gasteiger partial charge in [-0.05, 0) is 92.6 Å². The predicted molar refractivity (Wildman–Crippen MR) is 243 cm³/mol. The molecule has 4 bridgehead atoms. The Balaban J connectivity index is 0.791. The number of carbonyl (C=O) groups excluding carboxylic acids is 5. The van der Waals surface area contributed by atoms with Crippen molar-refractivity contribution in [3.63, 3.8) is 0 Å². The lowest BCUT2D eigenvalue weighted by atomic mass is 9.53. The number of aromatic nitrogens is 1. The number of hydrogen-bond acceptors (Lipinski definition) is 8. The quantitative estimate of drug-likeness (QED) is 0.0696. The average Bonchev–Trinajstić information content (AvgIpc) is 3.83. The minimum Gasteiger partial charge on any atom is -0.391 e. The molecule has 2 aromatic rings. The van der Waals surface area contributed by atoms with E-state index in [0.717, 1.165) is 84.5 Å². The van der Waals surface area contributed by atoms with Gasteiger partial charge in [0.15, 0.2) is 0 Å². The second-order valence-electron chi connectivity index (χ2n) is 20.1. The van der Waals surface area contributed by atoms with Gasteiger partial charge in [0.25, 0.3) is 0 Å². The zero-order valence-electron chi connectivity index (χ0n) is 37.7. The zero-order valence-corrected chi connectivity index (χ0v) is 38.5. The fraction of sp³-hybridized carbons (Fsp3) is 0.708. The van der Waals surface area contributed by atoms with Gasteiger partial charge >= 0.3 is 6.03 Å². The van der Waals surface area contributed by atoms with E-state index < -0.39 is 29.5 Å². The number of urea groups is 1.